The van der Waals surface area contributed by atoms with Crippen molar-refractivity contribution in [2.24, 2.45) is 11.8 Å². The third-order valence-electron chi connectivity index (χ3n) is 4.02. The number of hydrogen-bond donors (Lipinski definition) is 0. The molecule has 1 aromatic carbocycles. The molecule has 0 aromatic heterocycles. The van der Waals surface area contributed by atoms with Crippen molar-refractivity contribution in [2.45, 2.75) is 46.5 Å². The van der Waals surface area contributed by atoms with Gasteiger partial charge in [-0.2, -0.15) is 0 Å². The van der Waals surface area contributed by atoms with Gasteiger partial charge in [-0.3, -0.25) is 0 Å². The number of rotatable bonds is 1. The Morgan fingerprint density at radius 3 is 2.16 bits per heavy atom. The molecule has 1 aliphatic heterocycles. The minimum atomic E-state index is 0.212. The fourth-order valence-electron chi connectivity index (χ4n) is 3.09. The van der Waals surface area contributed by atoms with Gasteiger partial charge in [0.05, 0.1) is 5.69 Å². The minimum absolute atomic E-state index is 0.212. The average molecular weight is 324 g/mol. The summed E-state index contributed by atoms with van der Waals surface area (Å²) in [5, 5.41) is 0. The van der Waals surface area contributed by atoms with Crippen molar-refractivity contribution in [1.82, 2.24) is 0 Å². The van der Waals surface area contributed by atoms with E-state index in [1.54, 1.807) is 0 Å². The number of benzene rings is 1. The summed E-state index contributed by atoms with van der Waals surface area (Å²) in [7, 11) is 0. The fourth-order valence-corrected chi connectivity index (χ4v) is 3.72. The second-order valence-corrected chi connectivity index (χ2v) is 8.12. The van der Waals surface area contributed by atoms with E-state index in [9.17, 15) is 0 Å². The average Bonchev–Trinajstić information content (AvgIpc) is 2.26. The van der Waals surface area contributed by atoms with E-state index >= 15 is 0 Å². The van der Waals surface area contributed by atoms with Gasteiger partial charge in [0.1, 0.15) is 0 Å². The predicted molar refractivity (Wildman–Crippen MR) is 88.0 cm³/mol. The molecule has 1 fully saturated rings. The number of hydrogen-bond acceptors (Lipinski definition) is 1. The standard InChI is InChI=1S/C17H26BrN/c1-12-8-13(2)11-19(10-12)16-7-6-14(9-15(16)18)17(3,4)5/h6-7,9,12-13H,8,10-11H2,1-5H3. The van der Waals surface area contributed by atoms with Crippen LogP contribution in [0.5, 0.6) is 0 Å². The van der Waals surface area contributed by atoms with Gasteiger partial charge in [-0.05, 0) is 57.3 Å². The first kappa shape index (κ1) is 14.9. The van der Waals surface area contributed by atoms with E-state index in [1.165, 1.54) is 35.2 Å². The Labute approximate surface area is 126 Å². The summed E-state index contributed by atoms with van der Waals surface area (Å²) in [6, 6.07) is 6.86. The molecule has 0 N–H and O–H groups in total. The van der Waals surface area contributed by atoms with E-state index in [-0.39, 0.29) is 5.41 Å². The second-order valence-electron chi connectivity index (χ2n) is 7.27. The van der Waals surface area contributed by atoms with Gasteiger partial charge in [0, 0.05) is 17.6 Å². The topological polar surface area (TPSA) is 3.24 Å². The van der Waals surface area contributed by atoms with Crippen LogP contribution in [-0.2, 0) is 5.41 Å². The fraction of sp³-hybridized carbons (Fsp3) is 0.647. The molecule has 2 heteroatoms. The Balaban J connectivity index is 2.26. The largest absolute Gasteiger partial charge is 0.370 e. The molecular weight excluding hydrogens is 298 g/mol. The maximum atomic E-state index is 3.77. The van der Waals surface area contributed by atoms with Gasteiger partial charge < -0.3 is 4.90 Å². The van der Waals surface area contributed by atoms with Crippen LogP contribution in [0.3, 0.4) is 0 Å². The zero-order valence-corrected chi connectivity index (χ0v) is 14.4. The second kappa shape index (κ2) is 5.47. The smallest absolute Gasteiger partial charge is 0.0511 e. The van der Waals surface area contributed by atoms with E-state index in [0.29, 0.717) is 0 Å². The van der Waals surface area contributed by atoms with E-state index in [0.717, 1.165) is 11.8 Å². The molecule has 106 valence electrons. The van der Waals surface area contributed by atoms with Gasteiger partial charge in [-0.1, -0.05) is 40.7 Å². The van der Waals surface area contributed by atoms with Crippen LogP contribution in [0, 0.1) is 11.8 Å². The van der Waals surface area contributed by atoms with Gasteiger partial charge in [0.2, 0.25) is 0 Å². The van der Waals surface area contributed by atoms with Crippen molar-refractivity contribution in [3.05, 3.63) is 28.2 Å². The summed E-state index contributed by atoms with van der Waals surface area (Å²) in [5.74, 6) is 1.58. The molecule has 0 amide bonds. The van der Waals surface area contributed by atoms with Crippen molar-refractivity contribution in [3.63, 3.8) is 0 Å². The maximum Gasteiger partial charge on any atom is 0.0511 e. The van der Waals surface area contributed by atoms with Crippen LogP contribution in [0.15, 0.2) is 22.7 Å². The Bertz CT molecular complexity index is 437. The molecule has 0 aliphatic carbocycles. The Hall–Kier alpha value is -0.500. The highest BCUT2D eigenvalue weighted by Gasteiger charge is 2.24. The third-order valence-corrected chi connectivity index (χ3v) is 4.66. The lowest BCUT2D eigenvalue weighted by Gasteiger charge is -2.37. The molecule has 2 unspecified atom stereocenters. The molecule has 1 nitrogen and oxygen atoms in total. The van der Waals surface area contributed by atoms with Crippen molar-refractivity contribution >= 4 is 21.6 Å². The molecule has 1 aliphatic rings. The summed E-state index contributed by atoms with van der Waals surface area (Å²) in [6.07, 6.45) is 1.36. The van der Waals surface area contributed by atoms with E-state index < -0.39 is 0 Å². The van der Waals surface area contributed by atoms with Crippen LogP contribution in [0.25, 0.3) is 0 Å². The summed E-state index contributed by atoms with van der Waals surface area (Å²) >= 11 is 3.77. The molecule has 1 heterocycles. The van der Waals surface area contributed by atoms with Crippen LogP contribution in [-0.4, -0.2) is 13.1 Å². The predicted octanol–water partition coefficient (Wildman–Crippen LogP) is 5.23. The number of nitrogens with zero attached hydrogens (tertiary/aromatic N) is 1. The summed E-state index contributed by atoms with van der Waals surface area (Å²) in [4.78, 5) is 2.54. The monoisotopic (exact) mass is 323 g/mol. The van der Waals surface area contributed by atoms with Crippen molar-refractivity contribution in [2.75, 3.05) is 18.0 Å². The summed E-state index contributed by atoms with van der Waals surface area (Å²) < 4.78 is 1.24. The van der Waals surface area contributed by atoms with Crippen LogP contribution in [0.1, 0.15) is 46.6 Å². The number of halogens is 1. The summed E-state index contributed by atoms with van der Waals surface area (Å²) in [5.41, 5.74) is 2.96. The lowest BCUT2D eigenvalue weighted by molar-refractivity contribution is 0.356. The lowest BCUT2D eigenvalue weighted by atomic mass is 9.86. The zero-order chi connectivity index (χ0) is 14.2. The van der Waals surface area contributed by atoms with Crippen LogP contribution < -0.4 is 4.90 Å². The Morgan fingerprint density at radius 2 is 1.68 bits per heavy atom. The zero-order valence-electron chi connectivity index (χ0n) is 12.8. The number of anilines is 1. The van der Waals surface area contributed by atoms with Gasteiger partial charge in [-0.15, -0.1) is 0 Å². The highest BCUT2D eigenvalue weighted by molar-refractivity contribution is 9.10. The maximum absolute atomic E-state index is 3.77. The normalized spacial score (nSPS) is 24.6. The highest BCUT2D eigenvalue weighted by atomic mass is 79.9. The molecule has 0 radical (unpaired) electrons. The van der Waals surface area contributed by atoms with E-state index in [1.807, 2.05) is 0 Å². The first-order valence-electron chi connectivity index (χ1n) is 7.32. The molecule has 2 rings (SSSR count). The SMILES string of the molecule is CC1CC(C)CN(c2ccc(C(C)(C)C)cc2Br)C1. The number of piperidine rings is 1. The first-order valence-corrected chi connectivity index (χ1v) is 8.11. The van der Waals surface area contributed by atoms with Gasteiger partial charge in [-0.25, -0.2) is 0 Å². The lowest BCUT2D eigenvalue weighted by Crippen LogP contribution is -2.38. The van der Waals surface area contributed by atoms with Gasteiger partial charge >= 0.3 is 0 Å². The van der Waals surface area contributed by atoms with Crippen LogP contribution >= 0.6 is 15.9 Å². The van der Waals surface area contributed by atoms with Crippen LogP contribution in [0.2, 0.25) is 0 Å². The molecule has 1 saturated heterocycles. The van der Waals surface area contributed by atoms with Crippen molar-refractivity contribution in [1.29, 1.82) is 0 Å². The molecule has 2 atom stereocenters. The van der Waals surface area contributed by atoms with Crippen molar-refractivity contribution in [3.8, 4) is 0 Å². The van der Waals surface area contributed by atoms with Gasteiger partial charge in [0.25, 0.3) is 0 Å². The molecule has 19 heavy (non-hydrogen) atoms. The Kier molecular flexibility index (Phi) is 4.29. The van der Waals surface area contributed by atoms with Crippen molar-refractivity contribution < 1.29 is 0 Å². The quantitative estimate of drug-likeness (QED) is 0.684. The van der Waals surface area contributed by atoms with Gasteiger partial charge in [0.15, 0.2) is 0 Å². The first-order chi connectivity index (χ1) is 8.77. The molecular formula is C17H26BrN. The summed E-state index contributed by atoms with van der Waals surface area (Å²) in [6.45, 7) is 13.9. The minimum Gasteiger partial charge on any atom is -0.370 e. The molecule has 0 spiro atoms. The Morgan fingerprint density at radius 1 is 1.11 bits per heavy atom. The highest BCUT2D eigenvalue weighted by Crippen LogP contribution is 2.35. The molecule has 1 aromatic rings. The van der Waals surface area contributed by atoms with E-state index in [2.05, 4.69) is 73.6 Å². The third kappa shape index (κ3) is 3.53. The van der Waals surface area contributed by atoms with Crippen LogP contribution in [0.4, 0.5) is 5.69 Å². The van der Waals surface area contributed by atoms with E-state index in [4.69, 9.17) is 0 Å². The molecule has 0 saturated carbocycles. The molecule has 0 bridgehead atoms.